The lowest BCUT2D eigenvalue weighted by atomic mass is 9.60. The number of hydrogen-bond acceptors (Lipinski definition) is 1. The molecule has 170 valence electrons. The minimum atomic E-state index is -2.58. The fraction of sp³-hybridized carbons (Fsp3) is 0.778. The van der Waals surface area contributed by atoms with Crippen LogP contribution in [0.4, 0.5) is 8.78 Å². The Bertz CT molecular complexity index is 689. The van der Waals surface area contributed by atoms with Gasteiger partial charge in [-0.05, 0) is 86.5 Å². The Morgan fingerprint density at radius 3 is 2.60 bits per heavy atom. The van der Waals surface area contributed by atoms with Crippen LogP contribution in [0.2, 0.25) is 0 Å². The van der Waals surface area contributed by atoms with E-state index in [0.29, 0.717) is 24.7 Å². The van der Waals surface area contributed by atoms with Crippen LogP contribution in [-0.4, -0.2) is 17.1 Å². The maximum absolute atomic E-state index is 15.1. The molecule has 1 unspecified atom stereocenters. The van der Waals surface area contributed by atoms with E-state index in [0.717, 1.165) is 56.1 Å². The van der Waals surface area contributed by atoms with E-state index in [-0.39, 0.29) is 23.9 Å². The predicted molar refractivity (Wildman–Crippen MR) is 122 cm³/mol. The molecule has 0 aromatic heterocycles. The van der Waals surface area contributed by atoms with Gasteiger partial charge in [-0.3, -0.25) is 0 Å². The normalized spacial score (nSPS) is 36.5. The average Bonchev–Trinajstić information content (AvgIpc) is 3.04. The van der Waals surface area contributed by atoms with Gasteiger partial charge in [0.25, 0.3) is 5.92 Å². The van der Waals surface area contributed by atoms with Gasteiger partial charge in [-0.2, -0.15) is 0 Å². The minimum Gasteiger partial charge on any atom is -0.393 e. The van der Waals surface area contributed by atoms with Gasteiger partial charge in [-0.1, -0.05) is 57.6 Å². The van der Waals surface area contributed by atoms with Crippen LogP contribution in [0.5, 0.6) is 0 Å². The van der Waals surface area contributed by atoms with Crippen molar-refractivity contribution in [3.63, 3.8) is 0 Å². The first-order chi connectivity index (χ1) is 14.0. The number of halogens is 2. The van der Waals surface area contributed by atoms with E-state index in [1.54, 1.807) is 0 Å². The van der Waals surface area contributed by atoms with Gasteiger partial charge < -0.3 is 5.11 Å². The monoisotopic (exact) mass is 420 g/mol. The smallest absolute Gasteiger partial charge is 0.250 e. The third kappa shape index (κ3) is 4.92. The molecule has 5 atom stereocenters. The van der Waals surface area contributed by atoms with Crippen molar-refractivity contribution in [2.24, 2.45) is 29.1 Å². The summed E-state index contributed by atoms with van der Waals surface area (Å²) in [5.74, 6) is -2.31. The molecule has 1 N–H and O–H groups in total. The number of aliphatic hydroxyl groups is 1. The zero-order valence-electron chi connectivity index (χ0n) is 19.5. The van der Waals surface area contributed by atoms with Crippen LogP contribution < -0.4 is 0 Å². The first kappa shape index (κ1) is 23.7. The molecule has 3 fully saturated rings. The molecule has 1 nitrogen and oxygen atoms in total. The van der Waals surface area contributed by atoms with Crippen molar-refractivity contribution in [3.8, 4) is 0 Å². The highest BCUT2D eigenvalue weighted by Crippen LogP contribution is 2.61. The molecule has 0 aromatic carbocycles. The fourth-order valence-corrected chi connectivity index (χ4v) is 6.50. The van der Waals surface area contributed by atoms with Crippen LogP contribution in [0.1, 0.15) is 91.9 Å². The Labute approximate surface area is 182 Å². The Hall–Kier alpha value is -0.960. The Balaban J connectivity index is 1.77. The standard InChI is InChI=1S/C27H42F2O/c1-18(2)14-16-27(28,29)20(4)24-12-13-25-21(7-6-15-26(24,25)5)9-10-22-17-23(30)11-8-19(22)3/h9-10,18,20,23-25,30H,3,6-8,11-17H2,1-2,4-5H3/b21-9+,22-10-/t20-,23-,24+,25?,26+/m0/s1. The summed E-state index contributed by atoms with van der Waals surface area (Å²) in [5.41, 5.74) is 3.71. The van der Waals surface area contributed by atoms with Gasteiger partial charge in [0.15, 0.2) is 0 Å². The van der Waals surface area contributed by atoms with Crippen molar-refractivity contribution < 1.29 is 13.9 Å². The topological polar surface area (TPSA) is 20.2 Å². The molecule has 0 saturated heterocycles. The molecule has 3 aliphatic carbocycles. The summed E-state index contributed by atoms with van der Waals surface area (Å²) in [6.07, 6.45) is 12.3. The fourth-order valence-electron chi connectivity index (χ4n) is 6.50. The van der Waals surface area contributed by atoms with Gasteiger partial charge >= 0.3 is 0 Å². The van der Waals surface area contributed by atoms with Crippen LogP contribution in [0.15, 0.2) is 35.5 Å². The number of fused-ring (bicyclic) bond motifs is 1. The minimum absolute atomic E-state index is 0.0162. The summed E-state index contributed by atoms with van der Waals surface area (Å²) < 4.78 is 30.1. The summed E-state index contributed by atoms with van der Waals surface area (Å²) in [6.45, 7) is 12.3. The van der Waals surface area contributed by atoms with E-state index < -0.39 is 11.8 Å². The van der Waals surface area contributed by atoms with Crippen LogP contribution in [0, 0.1) is 29.1 Å². The molecule has 0 heterocycles. The summed E-state index contributed by atoms with van der Waals surface area (Å²) in [6, 6.07) is 0. The van der Waals surface area contributed by atoms with Crippen molar-refractivity contribution in [2.75, 3.05) is 0 Å². The van der Waals surface area contributed by atoms with Crippen molar-refractivity contribution in [1.29, 1.82) is 0 Å². The van der Waals surface area contributed by atoms with Gasteiger partial charge in [0.2, 0.25) is 0 Å². The number of allylic oxidation sites excluding steroid dienone is 4. The quantitative estimate of drug-likeness (QED) is 0.463. The van der Waals surface area contributed by atoms with Gasteiger partial charge in [0, 0.05) is 12.3 Å². The predicted octanol–water partition coefficient (Wildman–Crippen LogP) is 7.86. The molecule has 0 aliphatic heterocycles. The highest BCUT2D eigenvalue weighted by atomic mass is 19.3. The van der Waals surface area contributed by atoms with E-state index in [2.05, 4.69) is 25.7 Å². The lowest BCUT2D eigenvalue weighted by Gasteiger charge is -2.45. The SMILES string of the molecule is C=C1CC[C@H](O)C/C1=C/C=C1\CCC[C@@]2(C)C1CC[C@@H]2[C@H](C)C(F)(F)CCC(C)C. The van der Waals surface area contributed by atoms with Crippen LogP contribution in [0.3, 0.4) is 0 Å². The molecular formula is C27H42F2O. The number of rotatable bonds is 6. The second kappa shape index (κ2) is 9.27. The molecule has 0 radical (unpaired) electrons. The van der Waals surface area contributed by atoms with Crippen molar-refractivity contribution >= 4 is 0 Å². The molecule has 3 rings (SSSR count). The molecule has 0 spiro atoms. The van der Waals surface area contributed by atoms with Crippen LogP contribution in [-0.2, 0) is 0 Å². The zero-order valence-corrected chi connectivity index (χ0v) is 19.5. The number of alkyl halides is 2. The summed E-state index contributed by atoms with van der Waals surface area (Å²) in [7, 11) is 0. The third-order valence-corrected chi connectivity index (χ3v) is 8.55. The Morgan fingerprint density at radius 1 is 1.17 bits per heavy atom. The molecule has 3 aliphatic rings. The third-order valence-electron chi connectivity index (χ3n) is 8.55. The highest BCUT2D eigenvalue weighted by molar-refractivity contribution is 5.36. The van der Waals surface area contributed by atoms with E-state index in [1.807, 2.05) is 20.8 Å². The summed E-state index contributed by atoms with van der Waals surface area (Å²) in [5, 5.41) is 10.0. The highest BCUT2D eigenvalue weighted by Gasteiger charge is 2.55. The maximum Gasteiger partial charge on any atom is 0.250 e. The molecular weight excluding hydrogens is 378 g/mol. The van der Waals surface area contributed by atoms with E-state index in [1.165, 1.54) is 5.57 Å². The number of hydrogen-bond donors (Lipinski definition) is 1. The zero-order chi connectivity index (χ0) is 22.1. The van der Waals surface area contributed by atoms with E-state index >= 15 is 8.78 Å². The second-order valence-corrected chi connectivity index (χ2v) is 11.0. The molecule has 0 amide bonds. The molecule has 0 aromatic rings. The Morgan fingerprint density at radius 2 is 1.90 bits per heavy atom. The van der Waals surface area contributed by atoms with E-state index in [9.17, 15) is 5.11 Å². The first-order valence-corrected chi connectivity index (χ1v) is 12.2. The van der Waals surface area contributed by atoms with Crippen molar-refractivity contribution in [3.05, 3.63) is 35.5 Å². The van der Waals surface area contributed by atoms with Crippen LogP contribution >= 0.6 is 0 Å². The summed E-state index contributed by atoms with van der Waals surface area (Å²) >= 11 is 0. The van der Waals surface area contributed by atoms with E-state index in [4.69, 9.17) is 0 Å². The Kier molecular flexibility index (Phi) is 7.32. The maximum atomic E-state index is 15.1. The van der Waals surface area contributed by atoms with Crippen LogP contribution in [0.25, 0.3) is 0 Å². The van der Waals surface area contributed by atoms with Gasteiger partial charge in [0.05, 0.1) is 6.10 Å². The van der Waals surface area contributed by atoms with Crippen molar-refractivity contribution in [1.82, 2.24) is 0 Å². The molecule has 3 saturated carbocycles. The first-order valence-electron chi connectivity index (χ1n) is 12.2. The molecule has 30 heavy (non-hydrogen) atoms. The molecule has 3 heteroatoms. The summed E-state index contributed by atoms with van der Waals surface area (Å²) in [4.78, 5) is 0. The van der Waals surface area contributed by atoms with Crippen molar-refractivity contribution in [2.45, 2.75) is 104 Å². The van der Waals surface area contributed by atoms with Gasteiger partial charge in [-0.25, -0.2) is 8.78 Å². The number of aliphatic hydroxyl groups excluding tert-OH is 1. The lowest BCUT2D eigenvalue weighted by Crippen LogP contribution is -2.41. The van der Waals surface area contributed by atoms with Gasteiger partial charge in [-0.15, -0.1) is 0 Å². The second-order valence-electron chi connectivity index (χ2n) is 11.0. The average molecular weight is 421 g/mol. The molecule has 0 bridgehead atoms. The largest absolute Gasteiger partial charge is 0.393 e. The van der Waals surface area contributed by atoms with Gasteiger partial charge in [0.1, 0.15) is 0 Å². The lowest BCUT2D eigenvalue weighted by molar-refractivity contribution is -0.103.